The van der Waals surface area contributed by atoms with Gasteiger partial charge in [0.25, 0.3) is 0 Å². The molecule has 1 aromatic rings. The predicted molar refractivity (Wildman–Crippen MR) is 55.8 cm³/mol. The molecular formula is C11H13NO4. The third-order valence-electron chi connectivity index (χ3n) is 2.80. The number of nitrogens with one attached hydrogen (secondary N) is 1. The first-order chi connectivity index (χ1) is 7.86. The van der Waals surface area contributed by atoms with Crippen molar-refractivity contribution in [3.05, 3.63) is 17.7 Å². The molecule has 0 bridgehead atoms. The Morgan fingerprint density at radius 2 is 2.25 bits per heavy atom. The minimum absolute atomic E-state index is 0.176. The van der Waals surface area contributed by atoms with Gasteiger partial charge in [0.15, 0.2) is 11.5 Å². The Hall–Kier alpha value is -1.46. The van der Waals surface area contributed by atoms with Crippen LogP contribution < -0.4 is 14.8 Å². The van der Waals surface area contributed by atoms with Crippen LogP contribution in [0, 0.1) is 0 Å². The molecule has 2 heterocycles. The molecule has 2 aliphatic heterocycles. The number of rotatable bonds is 1. The smallest absolute Gasteiger partial charge is 0.231 e. The summed E-state index contributed by atoms with van der Waals surface area (Å²) in [5, 5.41) is 13.1. The minimum Gasteiger partial charge on any atom is -0.507 e. The van der Waals surface area contributed by atoms with Crippen molar-refractivity contribution in [2.45, 2.75) is 6.10 Å². The van der Waals surface area contributed by atoms with E-state index in [-0.39, 0.29) is 18.6 Å². The van der Waals surface area contributed by atoms with Gasteiger partial charge in [-0.15, -0.1) is 0 Å². The van der Waals surface area contributed by atoms with Crippen molar-refractivity contribution in [3.63, 3.8) is 0 Å². The maximum Gasteiger partial charge on any atom is 0.231 e. The molecule has 2 N–H and O–H groups in total. The zero-order chi connectivity index (χ0) is 11.0. The summed E-state index contributed by atoms with van der Waals surface area (Å²) < 4.78 is 16.3. The molecule has 1 unspecified atom stereocenters. The number of aromatic hydroxyl groups is 1. The third-order valence-corrected chi connectivity index (χ3v) is 2.80. The van der Waals surface area contributed by atoms with Crippen LogP contribution in [0.3, 0.4) is 0 Å². The van der Waals surface area contributed by atoms with Gasteiger partial charge >= 0.3 is 0 Å². The monoisotopic (exact) mass is 223 g/mol. The average molecular weight is 223 g/mol. The average Bonchev–Trinajstić information content (AvgIpc) is 2.78. The summed E-state index contributed by atoms with van der Waals surface area (Å²) >= 11 is 0. The molecule has 86 valence electrons. The zero-order valence-electron chi connectivity index (χ0n) is 8.73. The molecule has 16 heavy (non-hydrogen) atoms. The van der Waals surface area contributed by atoms with E-state index in [0.29, 0.717) is 30.2 Å². The second-order valence-electron chi connectivity index (χ2n) is 3.80. The summed E-state index contributed by atoms with van der Waals surface area (Å²) in [7, 11) is 0. The van der Waals surface area contributed by atoms with Gasteiger partial charge in [0.1, 0.15) is 11.9 Å². The second kappa shape index (κ2) is 3.84. The van der Waals surface area contributed by atoms with Gasteiger partial charge in [-0.2, -0.15) is 0 Å². The van der Waals surface area contributed by atoms with Crippen LogP contribution in [0.5, 0.6) is 17.2 Å². The normalized spacial score (nSPS) is 23.4. The Bertz CT molecular complexity index is 401. The van der Waals surface area contributed by atoms with Crippen LogP contribution in [-0.2, 0) is 4.74 Å². The predicted octanol–water partition coefficient (Wildman–Crippen LogP) is 0.782. The van der Waals surface area contributed by atoms with Crippen LogP contribution in [0.25, 0.3) is 0 Å². The molecule has 0 radical (unpaired) electrons. The van der Waals surface area contributed by atoms with Crippen LogP contribution in [0.1, 0.15) is 11.7 Å². The number of benzene rings is 1. The lowest BCUT2D eigenvalue weighted by Crippen LogP contribution is -2.33. The van der Waals surface area contributed by atoms with Crippen molar-refractivity contribution in [2.24, 2.45) is 0 Å². The summed E-state index contributed by atoms with van der Waals surface area (Å²) in [6, 6.07) is 3.32. The van der Waals surface area contributed by atoms with E-state index in [1.165, 1.54) is 0 Å². The van der Waals surface area contributed by atoms with Crippen LogP contribution >= 0.6 is 0 Å². The highest BCUT2D eigenvalue weighted by Crippen LogP contribution is 2.44. The van der Waals surface area contributed by atoms with Crippen molar-refractivity contribution in [2.75, 3.05) is 26.5 Å². The molecule has 1 saturated heterocycles. The molecule has 2 aliphatic rings. The highest BCUT2D eigenvalue weighted by Gasteiger charge is 2.28. The number of hydrogen-bond acceptors (Lipinski definition) is 5. The van der Waals surface area contributed by atoms with E-state index in [4.69, 9.17) is 14.2 Å². The van der Waals surface area contributed by atoms with E-state index in [9.17, 15) is 5.11 Å². The van der Waals surface area contributed by atoms with E-state index < -0.39 is 0 Å². The van der Waals surface area contributed by atoms with Crippen molar-refractivity contribution in [1.82, 2.24) is 5.32 Å². The zero-order valence-corrected chi connectivity index (χ0v) is 8.73. The number of phenols is 1. The van der Waals surface area contributed by atoms with E-state index in [2.05, 4.69) is 5.32 Å². The Labute approximate surface area is 92.9 Å². The molecule has 0 aliphatic carbocycles. The lowest BCUT2D eigenvalue weighted by atomic mass is 10.1. The van der Waals surface area contributed by atoms with Gasteiger partial charge in [0.2, 0.25) is 6.79 Å². The number of ether oxygens (including phenoxy) is 3. The fourth-order valence-electron chi connectivity index (χ4n) is 2.05. The summed E-state index contributed by atoms with van der Waals surface area (Å²) in [5.74, 6) is 1.47. The van der Waals surface area contributed by atoms with E-state index in [0.717, 1.165) is 6.54 Å². The molecule has 1 atom stereocenters. The second-order valence-corrected chi connectivity index (χ2v) is 3.80. The van der Waals surface area contributed by atoms with Gasteiger partial charge in [0, 0.05) is 13.1 Å². The molecule has 5 heteroatoms. The van der Waals surface area contributed by atoms with Crippen LogP contribution in [0.2, 0.25) is 0 Å². The topological polar surface area (TPSA) is 60.0 Å². The van der Waals surface area contributed by atoms with Crippen molar-refractivity contribution in [1.29, 1.82) is 0 Å². The molecular weight excluding hydrogens is 210 g/mol. The minimum atomic E-state index is -0.176. The largest absolute Gasteiger partial charge is 0.507 e. The molecule has 1 aromatic carbocycles. The van der Waals surface area contributed by atoms with Gasteiger partial charge in [0.05, 0.1) is 12.2 Å². The quantitative estimate of drug-likeness (QED) is 0.736. The van der Waals surface area contributed by atoms with Crippen molar-refractivity contribution >= 4 is 0 Å². The van der Waals surface area contributed by atoms with Crippen molar-refractivity contribution < 1.29 is 19.3 Å². The Morgan fingerprint density at radius 1 is 1.31 bits per heavy atom. The number of fused-ring (bicyclic) bond motifs is 1. The van der Waals surface area contributed by atoms with E-state index >= 15 is 0 Å². The number of morpholine rings is 1. The Morgan fingerprint density at radius 3 is 3.06 bits per heavy atom. The lowest BCUT2D eigenvalue weighted by molar-refractivity contribution is 0.0245. The standard InChI is InChI=1S/C11H13NO4/c13-7-1-2-8-11(16-6-15-8)10(7)9-5-12-3-4-14-9/h1-2,9,12-13H,3-6H2. The molecule has 0 aromatic heterocycles. The first-order valence-corrected chi connectivity index (χ1v) is 5.30. The molecule has 5 nitrogen and oxygen atoms in total. The maximum atomic E-state index is 9.88. The fourth-order valence-corrected chi connectivity index (χ4v) is 2.05. The van der Waals surface area contributed by atoms with Crippen LogP contribution in [0.15, 0.2) is 12.1 Å². The maximum absolute atomic E-state index is 9.88. The summed E-state index contributed by atoms with van der Waals surface area (Å²) in [5.41, 5.74) is 0.683. The third kappa shape index (κ3) is 1.48. The van der Waals surface area contributed by atoms with Crippen LogP contribution in [0.4, 0.5) is 0 Å². The van der Waals surface area contributed by atoms with Crippen molar-refractivity contribution in [3.8, 4) is 17.2 Å². The molecule has 0 amide bonds. The Kier molecular flexibility index (Phi) is 2.34. The lowest BCUT2D eigenvalue weighted by Gasteiger charge is -2.25. The summed E-state index contributed by atoms with van der Waals surface area (Å²) in [4.78, 5) is 0. The van der Waals surface area contributed by atoms with Crippen LogP contribution in [-0.4, -0.2) is 31.6 Å². The fraction of sp³-hybridized carbons (Fsp3) is 0.455. The molecule has 1 fully saturated rings. The van der Waals surface area contributed by atoms with Gasteiger partial charge < -0.3 is 24.6 Å². The number of phenolic OH excluding ortho intramolecular Hbond substituents is 1. The van der Waals surface area contributed by atoms with Gasteiger partial charge in [-0.3, -0.25) is 0 Å². The Balaban J connectivity index is 2.01. The van der Waals surface area contributed by atoms with Gasteiger partial charge in [-0.1, -0.05) is 0 Å². The van der Waals surface area contributed by atoms with E-state index in [1.807, 2.05) is 0 Å². The summed E-state index contributed by atoms with van der Waals surface area (Å²) in [6.45, 7) is 2.34. The highest BCUT2D eigenvalue weighted by molar-refractivity contribution is 5.55. The van der Waals surface area contributed by atoms with E-state index in [1.54, 1.807) is 12.1 Å². The molecule has 0 saturated carbocycles. The SMILES string of the molecule is Oc1ccc2c(c1C1CNCCO1)OCO2. The van der Waals surface area contributed by atoms with Gasteiger partial charge in [-0.25, -0.2) is 0 Å². The first-order valence-electron chi connectivity index (χ1n) is 5.30. The highest BCUT2D eigenvalue weighted by atomic mass is 16.7. The molecule has 3 rings (SSSR count). The number of hydrogen-bond donors (Lipinski definition) is 2. The van der Waals surface area contributed by atoms with Gasteiger partial charge in [-0.05, 0) is 12.1 Å². The first kappa shape index (κ1) is 9.74. The molecule has 0 spiro atoms. The summed E-state index contributed by atoms with van der Waals surface area (Å²) in [6.07, 6.45) is -0.176.